The summed E-state index contributed by atoms with van der Waals surface area (Å²) in [4.78, 5) is 0.127. The molecule has 4 N–H and O–H groups in total. The molecule has 6 nitrogen and oxygen atoms in total. The zero-order valence-corrected chi connectivity index (χ0v) is 24.9. The highest BCUT2D eigenvalue weighted by atomic mass is 35.6. The monoisotopic (exact) mass is 664 g/mol. The van der Waals surface area contributed by atoms with Crippen molar-refractivity contribution < 1.29 is 17.9 Å². The van der Waals surface area contributed by atoms with Gasteiger partial charge in [-0.05, 0) is 84.9 Å². The largest absolute Gasteiger partial charge is 0.457 e. The predicted octanol–water partition coefficient (Wildman–Crippen LogP) is 8.92. The third-order valence-corrected chi connectivity index (χ3v) is 8.41. The van der Waals surface area contributed by atoms with Crippen molar-refractivity contribution in [2.24, 2.45) is 0 Å². The second-order valence-electron chi connectivity index (χ2n) is 8.14. The van der Waals surface area contributed by atoms with E-state index in [1.165, 1.54) is 60.7 Å². The van der Waals surface area contributed by atoms with Gasteiger partial charge in [0.15, 0.2) is 0 Å². The molecule has 13 heteroatoms. The first-order chi connectivity index (χ1) is 18.1. The van der Waals surface area contributed by atoms with E-state index in [0.717, 1.165) is 0 Å². The Kier molecular flexibility index (Phi) is 8.64. The van der Waals surface area contributed by atoms with E-state index in [2.05, 4.69) is 0 Å². The Balaban J connectivity index is 1.49. The second-order valence-corrected chi connectivity index (χ2v) is 14.7. The molecule has 204 valence electrons. The number of sulfone groups is 1. The average molecular weight is 667 g/mol. The zero-order chi connectivity index (χ0) is 28.6. The van der Waals surface area contributed by atoms with Crippen LogP contribution in [0.25, 0.3) is 0 Å². The number of ether oxygens (including phenoxy) is 2. The topological polar surface area (TPSA) is 105 Å². The van der Waals surface area contributed by atoms with Crippen molar-refractivity contribution in [2.75, 3.05) is 11.5 Å². The summed E-state index contributed by atoms with van der Waals surface area (Å²) < 4.78 is 34.4. The third kappa shape index (κ3) is 7.11. The number of nitrogen functional groups attached to an aromatic ring is 2. The summed E-state index contributed by atoms with van der Waals surface area (Å²) in [5.41, 5.74) is 12.8. The normalized spacial score (nSPS) is 12.3. The van der Waals surface area contributed by atoms with E-state index in [4.69, 9.17) is 90.5 Å². The van der Waals surface area contributed by atoms with Crippen LogP contribution in [0.5, 0.6) is 23.0 Å². The Labute approximate surface area is 255 Å². The molecular weight excluding hydrogens is 649 g/mol. The highest BCUT2D eigenvalue weighted by Gasteiger charge is 2.27. The van der Waals surface area contributed by atoms with E-state index in [9.17, 15) is 8.42 Å². The van der Waals surface area contributed by atoms with Gasteiger partial charge in [0.2, 0.25) is 17.4 Å². The van der Waals surface area contributed by atoms with Gasteiger partial charge in [0.1, 0.15) is 23.0 Å². The van der Waals surface area contributed by atoms with E-state index in [-0.39, 0.29) is 20.9 Å². The summed E-state index contributed by atoms with van der Waals surface area (Å²) in [5.74, 6) is 1.46. The number of hydrogen-bond acceptors (Lipinski definition) is 6. The standard InChI is InChI=1S/C26H18Cl6N2O4S/c27-25(28,29)21-13-17(5-11-23(21)33)37-15-1-7-19(8-2-15)39(35,36)20-9-3-16(4-10-20)38-18-6-12-24(34)22(14-18)26(30,31)32/h1-14H,33-34H2. The van der Waals surface area contributed by atoms with Crippen molar-refractivity contribution in [3.05, 3.63) is 96.1 Å². The molecule has 0 fully saturated rings. The number of halogens is 6. The van der Waals surface area contributed by atoms with Crippen LogP contribution in [0.3, 0.4) is 0 Å². The van der Waals surface area contributed by atoms with Crippen LogP contribution in [0.4, 0.5) is 11.4 Å². The van der Waals surface area contributed by atoms with Crippen LogP contribution >= 0.6 is 69.6 Å². The lowest BCUT2D eigenvalue weighted by Crippen LogP contribution is -2.05. The van der Waals surface area contributed by atoms with E-state index < -0.39 is 17.4 Å². The molecule has 0 saturated carbocycles. The lowest BCUT2D eigenvalue weighted by molar-refractivity contribution is 0.481. The highest BCUT2D eigenvalue weighted by Crippen LogP contribution is 2.44. The van der Waals surface area contributed by atoms with Crippen LogP contribution in [0.2, 0.25) is 0 Å². The smallest absolute Gasteiger partial charge is 0.218 e. The number of benzene rings is 4. The molecule has 4 aromatic rings. The molecule has 0 aromatic heterocycles. The predicted molar refractivity (Wildman–Crippen MR) is 159 cm³/mol. The Morgan fingerprint density at radius 3 is 1.13 bits per heavy atom. The first-order valence-corrected chi connectivity index (χ1v) is 14.6. The number of rotatable bonds is 6. The second kappa shape index (κ2) is 11.3. The van der Waals surface area contributed by atoms with E-state index >= 15 is 0 Å². The zero-order valence-electron chi connectivity index (χ0n) is 19.5. The van der Waals surface area contributed by atoms with Crippen LogP contribution in [-0.4, -0.2) is 8.42 Å². The Morgan fingerprint density at radius 1 is 0.513 bits per heavy atom. The lowest BCUT2D eigenvalue weighted by Gasteiger charge is -2.16. The van der Waals surface area contributed by atoms with Gasteiger partial charge < -0.3 is 20.9 Å². The SMILES string of the molecule is Nc1ccc(Oc2ccc(S(=O)(=O)c3ccc(Oc4ccc(N)c(C(Cl)(Cl)Cl)c4)cc3)cc2)cc1C(Cl)(Cl)Cl. The number of anilines is 2. The first-order valence-electron chi connectivity index (χ1n) is 10.9. The van der Waals surface area contributed by atoms with Crippen LogP contribution in [0, 0.1) is 0 Å². The number of hydrogen-bond donors (Lipinski definition) is 2. The van der Waals surface area contributed by atoms with Crippen LogP contribution < -0.4 is 20.9 Å². The molecule has 0 unspecified atom stereocenters. The molecule has 0 heterocycles. The Hall–Kier alpha value is -2.23. The quantitative estimate of drug-likeness (QED) is 0.157. The molecule has 0 aliphatic carbocycles. The van der Waals surface area contributed by atoms with Crippen LogP contribution in [-0.2, 0) is 17.4 Å². The molecule has 0 amide bonds. The Bertz CT molecular complexity index is 1490. The summed E-state index contributed by atoms with van der Waals surface area (Å²) in [6, 6.07) is 21.1. The molecule has 0 aliphatic heterocycles. The fourth-order valence-corrected chi connectivity index (χ4v) is 5.71. The van der Waals surface area contributed by atoms with Gasteiger partial charge in [0.05, 0.1) is 9.79 Å². The first kappa shape index (κ1) is 29.7. The van der Waals surface area contributed by atoms with Gasteiger partial charge in [0, 0.05) is 22.5 Å². The highest BCUT2D eigenvalue weighted by molar-refractivity contribution is 7.91. The van der Waals surface area contributed by atoms with E-state index in [1.807, 2.05) is 0 Å². The van der Waals surface area contributed by atoms with Crippen molar-refractivity contribution in [1.29, 1.82) is 0 Å². The average Bonchev–Trinajstić information content (AvgIpc) is 2.86. The summed E-state index contributed by atoms with van der Waals surface area (Å²) in [6.07, 6.45) is 0. The molecule has 4 aromatic carbocycles. The van der Waals surface area contributed by atoms with E-state index in [0.29, 0.717) is 34.4 Å². The van der Waals surface area contributed by atoms with Crippen LogP contribution in [0.1, 0.15) is 11.1 Å². The number of alkyl halides is 6. The molecule has 0 radical (unpaired) electrons. The van der Waals surface area contributed by atoms with Crippen molar-refractivity contribution in [1.82, 2.24) is 0 Å². The minimum atomic E-state index is -3.83. The molecule has 0 spiro atoms. The molecular formula is C26H18Cl6N2O4S. The minimum absolute atomic E-state index is 0.0636. The van der Waals surface area contributed by atoms with E-state index in [1.54, 1.807) is 24.3 Å². The molecule has 0 atom stereocenters. The maximum atomic E-state index is 13.2. The van der Waals surface area contributed by atoms with Gasteiger partial charge >= 0.3 is 0 Å². The molecule has 39 heavy (non-hydrogen) atoms. The molecule has 4 rings (SSSR count). The summed E-state index contributed by atoms with van der Waals surface area (Å²) >= 11 is 35.7. The molecule has 0 aliphatic rings. The number of nitrogens with two attached hydrogens (primary N) is 2. The molecule has 0 bridgehead atoms. The fourth-order valence-electron chi connectivity index (χ4n) is 3.47. The van der Waals surface area contributed by atoms with Crippen molar-refractivity contribution >= 4 is 90.8 Å². The van der Waals surface area contributed by atoms with Crippen molar-refractivity contribution in [2.45, 2.75) is 17.4 Å². The third-order valence-electron chi connectivity index (χ3n) is 5.40. The summed E-state index contributed by atoms with van der Waals surface area (Å²) in [7, 11) is -3.83. The van der Waals surface area contributed by atoms with Gasteiger partial charge in [-0.1, -0.05) is 69.6 Å². The van der Waals surface area contributed by atoms with Gasteiger partial charge in [-0.25, -0.2) is 8.42 Å². The minimum Gasteiger partial charge on any atom is -0.457 e. The van der Waals surface area contributed by atoms with Gasteiger partial charge in [-0.3, -0.25) is 0 Å². The maximum absolute atomic E-state index is 13.2. The summed E-state index contributed by atoms with van der Waals surface area (Å²) in [5, 5.41) is 0. The maximum Gasteiger partial charge on any atom is 0.218 e. The van der Waals surface area contributed by atoms with Gasteiger partial charge in [0.25, 0.3) is 0 Å². The van der Waals surface area contributed by atoms with Gasteiger partial charge in [-0.15, -0.1) is 0 Å². The van der Waals surface area contributed by atoms with Crippen LogP contribution in [0.15, 0.2) is 94.7 Å². The summed E-state index contributed by atoms with van der Waals surface area (Å²) in [6.45, 7) is 0. The van der Waals surface area contributed by atoms with Gasteiger partial charge in [-0.2, -0.15) is 0 Å². The van der Waals surface area contributed by atoms with Crippen molar-refractivity contribution in [3.8, 4) is 23.0 Å². The fraction of sp³-hybridized carbons (Fsp3) is 0.0769. The lowest BCUT2D eigenvalue weighted by atomic mass is 10.2. The molecule has 0 saturated heterocycles. The van der Waals surface area contributed by atoms with Crippen molar-refractivity contribution in [3.63, 3.8) is 0 Å². The Morgan fingerprint density at radius 2 is 0.821 bits per heavy atom.